The quantitative estimate of drug-likeness (QED) is 0.815. The molecule has 1 saturated heterocycles. The maximum atomic E-state index is 13.5. The van der Waals surface area contributed by atoms with E-state index >= 15 is 0 Å². The highest BCUT2D eigenvalue weighted by atomic mass is 16.2. The summed E-state index contributed by atoms with van der Waals surface area (Å²) < 4.78 is 0. The molecule has 29 heavy (non-hydrogen) atoms. The second-order valence-electron chi connectivity index (χ2n) is 9.09. The minimum absolute atomic E-state index is 0.219. The molecular formula is C24H32N4O. The Labute approximate surface area is 174 Å². The summed E-state index contributed by atoms with van der Waals surface area (Å²) in [6.07, 6.45) is 1.10. The van der Waals surface area contributed by atoms with Crippen molar-refractivity contribution >= 4 is 11.7 Å². The Bertz CT molecular complexity index is 862. The molecule has 0 spiro atoms. The lowest BCUT2D eigenvalue weighted by molar-refractivity contribution is -0.142. The van der Waals surface area contributed by atoms with Crippen molar-refractivity contribution in [2.24, 2.45) is 5.92 Å². The summed E-state index contributed by atoms with van der Waals surface area (Å²) in [5.41, 5.74) is 2.78. The number of hydrogen-bond donors (Lipinski definition) is 1. The number of pyridine rings is 1. The zero-order valence-corrected chi connectivity index (χ0v) is 17.8. The number of rotatable bonds is 6. The van der Waals surface area contributed by atoms with Crippen LogP contribution in [0.5, 0.6) is 0 Å². The molecule has 1 aromatic heterocycles. The summed E-state index contributed by atoms with van der Waals surface area (Å²) in [6, 6.07) is 14.7. The van der Waals surface area contributed by atoms with E-state index in [1.165, 1.54) is 11.1 Å². The Kier molecular flexibility index (Phi) is 5.59. The van der Waals surface area contributed by atoms with Crippen molar-refractivity contribution in [3.8, 4) is 0 Å². The third kappa shape index (κ3) is 4.15. The van der Waals surface area contributed by atoms with Crippen molar-refractivity contribution in [3.05, 3.63) is 59.3 Å². The molecule has 1 fully saturated rings. The average Bonchev–Trinajstić information content (AvgIpc) is 2.66. The molecule has 1 aromatic carbocycles. The summed E-state index contributed by atoms with van der Waals surface area (Å²) >= 11 is 0. The fourth-order valence-electron chi connectivity index (χ4n) is 4.31. The molecule has 3 heterocycles. The van der Waals surface area contributed by atoms with Gasteiger partial charge in [0.25, 0.3) is 0 Å². The smallest absolute Gasteiger partial charge is 0.235 e. The summed E-state index contributed by atoms with van der Waals surface area (Å²) in [5.74, 6) is 1.64. The average molecular weight is 393 g/mol. The zero-order valence-electron chi connectivity index (χ0n) is 17.8. The first-order valence-corrected chi connectivity index (χ1v) is 10.8. The summed E-state index contributed by atoms with van der Waals surface area (Å²) in [6.45, 7) is 11.4. The number of likely N-dealkylation sites (tertiary alicyclic amines) is 1. The van der Waals surface area contributed by atoms with Gasteiger partial charge in [0.15, 0.2) is 0 Å². The van der Waals surface area contributed by atoms with Crippen LogP contribution in [-0.2, 0) is 23.3 Å². The lowest BCUT2D eigenvalue weighted by Gasteiger charge is -2.44. The van der Waals surface area contributed by atoms with E-state index in [1.54, 1.807) is 0 Å². The van der Waals surface area contributed by atoms with E-state index in [4.69, 9.17) is 4.98 Å². The Morgan fingerprint density at radius 1 is 1.17 bits per heavy atom. The fraction of sp³-hybridized carbons (Fsp3) is 0.500. The van der Waals surface area contributed by atoms with Gasteiger partial charge in [0.1, 0.15) is 11.2 Å². The van der Waals surface area contributed by atoms with E-state index in [0.717, 1.165) is 50.7 Å². The molecule has 1 atom stereocenters. The van der Waals surface area contributed by atoms with E-state index in [-0.39, 0.29) is 5.91 Å². The van der Waals surface area contributed by atoms with Gasteiger partial charge in [-0.05, 0) is 36.5 Å². The molecule has 0 bridgehead atoms. The van der Waals surface area contributed by atoms with Crippen molar-refractivity contribution in [2.75, 3.05) is 31.5 Å². The molecule has 0 aliphatic carbocycles. The Hall–Kier alpha value is -2.40. The molecule has 1 amide bonds. The third-order valence-corrected chi connectivity index (χ3v) is 5.99. The third-order valence-electron chi connectivity index (χ3n) is 5.99. The van der Waals surface area contributed by atoms with Crippen LogP contribution in [0.1, 0.15) is 44.0 Å². The summed E-state index contributed by atoms with van der Waals surface area (Å²) in [4.78, 5) is 22.8. The van der Waals surface area contributed by atoms with E-state index in [9.17, 15) is 4.79 Å². The maximum Gasteiger partial charge on any atom is 0.235 e. The van der Waals surface area contributed by atoms with Crippen molar-refractivity contribution in [2.45, 2.75) is 45.7 Å². The van der Waals surface area contributed by atoms with E-state index in [0.29, 0.717) is 12.5 Å². The highest BCUT2D eigenvalue weighted by molar-refractivity contribution is 5.89. The molecule has 5 heteroatoms. The van der Waals surface area contributed by atoms with Crippen LogP contribution in [0.3, 0.4) is 0 Å². The van der Waals surface area contributed by atoms with Crippen LogP contribution >= 0.6 is 0 Å². The number of aromatic nitrogens is 1. The molecule has 0 radical (unpaired) electrons. The lowest BCUT2D eigenvalue weighted by Crippen LogP contribution is -2.57. The monoisotopic (exact) mass is 392 g/mol. The molecule has 1 N–H and O–H groups in total. The van der Waals surface area contributed by atoms with Crippen LogP contribution in [0.15, 0.2) is 42.5 Å². The minimum atomic E-state index is -0.613. The lowest BCUT2D eigenvalue weighted by atomic mass is 9.78. The number of amides is 1. The number of hydrogen-bond acceptors (Lipinski definition) is 4. The summed E-state index contributed by atoms with van der Waals surface area (Å²) in [7, 11) is 0. The molecule has 154 valence electrons. The van der Waals surface area contributed by atoms with Gasteiger partial charge in [0.05, 0.1) is 5.69 Å². The molecule has 1 unspecified atom stereocenters. The molecule has 5 nitrogen and oxygen atoms in total. The van der Waals surface area contributed by atoms with Gasteiger partial charge in [-0.15, -0.1) is 0 Å². The Morgan fingerprint density at radius 3 is 2.59 bits per heavy atom. The predicted molar refractivity (Wildman–Crippen MR) is 117 cm³/mol. The molecule has 2 aliphatic rings. The van der Waals surface area contributed by atoms with Crippen LogP contribution in [0.25, 0.3) is 0 Å². The van der Waals surface area contributed by atoms with E-state index < -0.39 is 5.41 Å². The van der Waals surface area contributed by atoms with Gasteiger partial charge in [-0.2, -0.15) is 0 Å². The maximum absolute atomic E-state index is 13.5. The predicted octanol–water partition coefficient (Wildman–Crippen LogP) is 3.66. The Morgan fingerprint density at radius 2 is 1.93 bits per heavy atom. The number of anilines is 1. The van der Waals surface area contributed by atoms with Gasteiger partial charge >= 0.3 is 0 Å². The Balaban J connectivity index is 1.65. The fourth-order valence-corrected chi connectivity index (χ4v) is 4.31. The second kappa shape index (κ2) is 8.15. The number of benzene rings is 1. The topological polar surface area (TPSA) is 48.5 Å². The molecule has 2 aromatic rings. The molecule has 4 rings (SSSR count). The number of carbonyl (C=O) groups excluding carboxylic acids is 1. The van der Waals surface area contributed by atoms with Crippen molar-refractivity contribution in [1.82, 2.24) is 14.8 Å². The second-order valence-corrected chi connectivity index (χ2v) is 9.09. The van der Waals surface area contributed by atoms with Gasteiger partial charge in [0, 0.05) is 39.3 Å². The van der Waals surface area contributed by atoms with Gasteiger partial charge < -0.3 is 10.2 Å². The number of fused-ring (bicyclic) bond motifs is 1. The van der Waals surface area contributed by atoms with Crippen LogP contribution in [0, 0.1) is 5.92 Å². The van der Waals surface area contributed by atoms with Crippen LogP contribution < -0.4 is 5.32 Å². The normalized spacial score (nSPS) is 21.6. The summed E-state index contributed by atoms with van der Waals surface area (Å²) in [5, 5.41) is 3.43. The van der Waals surface area contributed by atoms with Crippen LogP contribution in [0.2, 0.25) is 0 Å². The minimum Gasteiger partial charge on any atom is -0.370 e. The standard InChI is InChI=1S/C24H32N4O/c1-18(2)14-25-21-11-10-20-16-27(15-19-8-5-4-6-9-19)17-24(3,22(20)26-21)23(29)28-12-7-13-28/h4-6,8-11,18H,7,12-17H2,1-3H3,(H,25,26). The van der Waals surface area contributed by atoms with Crippen LogP contribution in [0.4, 0.5) is 5.82 Å². The molecular weight excluding hydrogens is 360 g/mol. The first-order chi connectivity index (χ1) is 14.0. The van der Waals surface area contributed by atoms with Crippen molar-refractivity contribution < 1.29 is 4.79 Å². The number of nitrogens with zero attached hydrogens (tertiary/aromatic N) is 3. The van der Waals surface area contributed by atoms with Crippen molar-refractivity contribution in [1.29, 1.82) is 0 Å². The van der Waals surface area contributed by atoms with E-state index in [1.807, 2.05) is 11.0 Å². The van der Waals surface area contributed by atoms with Gasteiger partial charge in [-0.25, -0.2) is 4.98 Å². The SMILES string of the molecule is CC(C)CNc1ccc2c(n1)C(C)(C(=O)N1CCC1)CN(Cc1ccccc1)C2. The highest BCUT2D eigenvalue weighted by Gasteiger charge is 2.46. The highest BCUT2D eigenvalue weighted by Crippen LogP contribution is 2.36. The number of nitrogens with one attached hydrogen (secondary N) is 1. The zero-order chi connectivity index (χ0) is 20.4. The molecule has 0 saturated carbocycles. The van der Waals surface area contributed by atoms with Crippen LogP contribution in [-0.4, -0.2) is 46.9 Å². The van der Waals surface area contributed by atoms with E-state index in [2.05, 4.69) is 67.4 Å². The largest absolute Gasteiger partial charge is 0.370 e. The number of carbonyl (C=O) groups is 1. The first-order valence-electron chi connectivity index (χ1n) is 10.8. The van der Waals surface area contributed by atoms with Gasteiger partial charge in [-0.1, -0.05) is 50.2 Å². The van der Waals surface area contributed by atoms with Gasteiger partial charge in [-0.3, -0.25) is 9.69 Å². The molecule has 2 aliphatic heterocycles. The first kappa shape index (κ1) is 19.9. The van der Waals surface area contributed by atoms with Crippen molar-refractivity contribution in [3.63, 3.8) is 0 Å². The van der Waals surface area contributed by atoms with Gasteiger partial charge in [0.2, 0.25) is 5.91 Å².